The highest BCUT2D eigenvalue weighted by Crippen LogP contribution is 2.43. The molecule has 0 amide bonds. The zero-order chi connectivity index (χ0) is 14.1. The number of alkyl halides is 5. The van der Waals surface area contributed by atoms with E-state index < -0.39 is 29.2 Å². The maximum absolute atomic E-state index is 12.9. The SMILES string of the molecule is C=C(C(=O)O)c1ccc(C(F)(F)C(F)(F)F)cc1. The van der Waals surface area contributed by atoms with Gasteiger partial charge in [0.15, 0.2) is 0 Å². The van der Waals surface area contributed by atoms with E-state index >= 15 is 0 Å². The second kappa shape index (κ2) is 4.40. The summed E-state index contributed by atoms with van der Waals surface area (Å²) in [5.41, 5.74) is -1.68. The molecule has 0 aliphatic carbocycles. The predicted molar refractivity (Wildman–Crippen MR) is 53.1 cm³/mol. The Balaban J connectivity index is 3.11. The molecular weight excluding hydrogens is 259 g/mol. The van der Waals surface area contributed by atoms with Crippen molar-refractivity contribution in [2.45, 2.75) is 12.1 Å². The number of hydrogen-bond donors (Lipinski definition) is 1. The van der Waals surface area contributed by atoms with Crippen LogP contribution in [0.15, 0.2) is 30.8 Å². The first kappa shape index (κ1) is 14.1. The number of benzene rings is 1. The van der Waals surface area contributed by atoms with Crippen LogP contribution in [0.5, 0.6) is 0 Å². The third kappa shape index (κ3) is 2.49. The lowest BCUT2D eigenvalue weighted by Crippen LogP contribution is -2.33. The lowest BCUT2D eigenvalue weighted by Gasteiger charge is -2.19. The number of carboxylic acids is 1. The Labute approximate surface area is 98.3 Å². The molecule has 0 atom stereocenters. The molecule has 1 aromatic rings. The van der Waals surface area contributed by atoms with E-state index in [4.69, 9.17) is 5.11 Å². The van der Waals surface area contributed by atoms with Gasteiger partial charge in [-0.05, 0) is 5.56 Å². The fraction of sp³-hybridized carbons (Fsp3) is 0.182. The lowest BCUT2D eigenvalue weighted by molar-refractivity contribution is -0.289. The Kier molecular flexibility index (Phi) is 3.45. The number of rotatable bonds is 3. The number of halogens is 5. The van der Waals surface area contributed by atoms with Gasteiger partial charge in [0.25, 0.3) is 0 Å². The molecule has 1 N–H and O–H groups in total. The van der Waals surface area contributed by atoms with Gasteiger partial charge < -0.3 is 5.11 Å². The summed E-state index contributed by atoms with van der Waals surface area (Å²) in [7, 11) is 0. The van der Waals surface area contributed by atoms with Crippen molar-refractivity contribution < 1.29 is 31.9 Å². The Morgan fingerprint density at radius 2 is 1.50 bits per heavy atom. The number of hydrogen-bond acceptors (Lipinski definition) is 1. The van der Waals surface area contributed by atoms with Crippen LogP contribution >= 0.6 is 0 Å². The minimum absolute atomic E-state index is 0.0378. The first-order valence-electron chi connectivity index (χ1n) is 4.55. The Morgan fingerprint density at radius 1 is 1.06 bits per heavy atom. The van der Waals surface area contributed by atoms with Crippen LogP contribution in [0.2, 0.25) is 0 Å². The van der Waals surface area contributed by atoms with E-state index in [0.717, 1.165) is 12.1 Å². The van der Waals surface area contributed by atoms with Gasteiger partial charge in [-0.3, -0.25) is 0 Å². The van der Waals surface area contributed by atoms with E-state index in [9.17, 15) is 26.7 Å². The van der Waals surface area contributed by atoms with Crippen LogP contribution in [-0.4, -0.2) is 17.3 Å². The fourth-order valence-electron chi connectivity index (χ4n) is 1.17. The Hall–Kier alpha value is -1.92. The summed E-state index contributed by atoms with van der Waals surface area (Å²) < 4.78 is 61.9. The molecule has 0 unspecified atom stereocenters. The van der Waals surface area contributed by atoms with Crippen LogP contribution in [0.4, 0.5) is 22.0 Å². The number of carboxylic acid groups (broad SMARTS) is 1. The fourth-order valence-corrected chi connectivity index (χ4v) is 1.17. The maximum Gasteiger partial charge on any atom is 0.458 e. The summed E-state index contributed by atoms with van der Waals surface area (Å²) in [6, 6.07) is 2.75. The van der Waals surface area contributed by atoms with Gasteiger partial charge in [0, 0.05) is 5.56 Å². The standard InChI is InChI=1S/C11H7F5O2/c1-6(9(17)18)7-2-4-8(5-3-7)10(12,13)11(14,15)16/h2-5H,1H2,(H,17,18). The molecule has 0 aliphatic heterocycles. The van der Waals surface area contributed by atoms with Crippen molar-refractivity contribution in [2.24, 2.45) is 0 Å². The minimum Gasteiger partial charge on any atom is -0.478 e. The first-order chi connectivity index (χ1) is 8.07. The summed E-state index contributed by atoms with van der Waals surface area (Å²) in [5, 5.41) is 8.57. The summed E-state index contributed by atoms with van der Waals surface area (Å²) in [6.45, 7) is 3.16. The Morgan fingerprint density at radius 3 is 1.83 bits per heavy atom. The largest absolute Gasteiger partial charge is 0.478 e. The van der Waals surface area contributed by atoms with E-state index in [1.54, 1.807) is 0 Å². The van der Waals surface area contributed by atoms with Gasteiger partial charge in [0.2, 0.25) is 0 Å². The Bertz CT molecular complexity index is 473. The van der Waals surface area contributed by atoms with Gasteiger partial charge in [-0.2, -0.15) is 22.0 Å². The number of aliphatic carboxylic acids is 1. The van der Waals surface area contributed by atoms with Crippen LogP contribution in [-0.2, 0) is 10.7 Å². The minimum atomic E-state index is -5.70. The molecule has 0 saturated heterocycles. The van der Waals surface area contributed by atoms with Gasteiger partial charge in [0.1, 0.15) is 0 Å². The van der Waals surface area contributed by atoms with Crippen LogP contribution < -0.4 is 0 Å². The van der Waals surface area contributed by atoms with Crippen molar-refractivity contribution in [3.63, 3.8) is 0 Å². The summed E-state index contributed by atoms with van der Waals surface area (Å²) in [6.07, 6.45) is -5.70. The molecular formula is C11H7F5O2. The van der Waals surface area contributed by atoms with E-state index in [-0.39, 0.29) is 5.56 Å². The second-order valence-corrected chi connectivity index (χ2v) is 3.43. The van der Waals surface area contributed by atoms with Crippen molar-refractivity contribution in [3.8, 4) is 0 Å². The molecule has 0 bridgehead atoms. The molecule has 0 aliphatic rings. The molecule has 0 fully saturated rings. The topological polar surface area (TPSA) is 37.3 Å². The molecule has 7 heteroatoms. The molecule has 18 heavy (non-hydrogen) atoms. The molecule has 98 valence electrons. The summed E-state index contributed by atoms with van der Waals surface area (Å²) in [4.78, 5) is 10.5. The zero-order valence-corrected chi connectivity index (χ0v) is 8.76. The predicted octanol–water partition coefficient (Wildman–Crippen LogP) is 3.44. The zero-order valence-electron chi connectivity index (χ0n) is 8.76. The molecule has 0 aromatic heterocycles. The van der Waals surface area contributed by atoms with Crippen LogP contribution in [0.3, 0.4) is 0 Å². The monoisotopic (exact) mass is 266 g/mol. The van der Waals surface area contributed by atoms with E-state index in [1.165, 1.54) is 0 Å². The van der Waals surface area contributed by atoms with Crippen molar-refractivity contribution in [1.82, 2.24) is 0 Å². The van der Waals surface area contributed by atoms with Crippen LogP contribution in [0.1, 0.15) is 11.1 Å². The molecule has 0 saturated carbocycles. The summed E-state index contributed by atoms with van der Waals surface area (Å²) in [5.74, 6) is -6.36. The third-order valence-electron chi connectivity index (χ3n) is 2.21. The maximum atomic E-state index is 12.9. The average molecular weight is 266 g/mol. The smallest absolute Gasteiger partial charge is 0.458 e. The van der Waals surface area contributed by atoms with Crippen molar-refractivity contribution in [1.29, 1.82) is 0 Å². The molecule has 1 aromatic carbocycles. The average Bonchev–Trinajstić information content (AvgIpc) is 2.26. The molecule has 1 rings (SSSR count). The quantitative estimate of drug-likeness (QED) is 0.672. The van der Waals surface area contributed by atoms with E-state index in [2.05, 4.69) is 6.58 Å². The lowest BCUT2D eigenvalue weighted by atomic mass is 10.0. The van der Waals surface area contributed by atoms with Crippen molar-refractivity contribution in [2.75, 3.05) is 0 Å². The van der Waals surface area contributed by atoms with Crippen LogP contribution in [0.25, 0.3) is 5.57 Å². The highest BCUT2D eigenvalue weighted by molar-refractivity contribution is 6.14. The van der Waals surface area contributed by atoms with Gasteiger partial charge in [-0.15, -0.1) is 0 Å². The molecule has 0 heterocycles. The van der Waals surface area contributed by atoms with Crippen molar-refractivity contribution >= 4 is 11.5 Å². The van der Waals surface area contributed by atoms with E-state index in [0.29, 0.717) is 12.1 Å². The molecule has 0 radical (unpaired) electrons. The van der Waals surface area contributed by atoms with E-state index in [1.807, 2.05) is 0 Å². The van der Waals surface area contributed by atoms with Gasteiger partial charge >= 0.3 is 18.1 Å². The third-order valence-corrected chi connectivity index (χ3v) is 2.21. The van der Waals surface area contributed by atoms with Gasteiger partial charge in [-0.25, -0.2) is 4.79 Å². The molecule has 0 spiro atoms. The highest BCUT2D eigenvalue weighted by atomic mass is 19.4. The van der Waals surface area contributed by atoms with Crippen molar-refractivity contribution in [3.05, 3.63) is 42.0 Å². The second-order valence-electron chi connectivity index (χ2n) is 3.43. The first-order valence-corrected chi connectivity index (χ1v) is 4.55. The van der Waals surface area contributed by atoms with Gasteiger partial charge in [0.05, 0.1) is 5.57 Å². The highest BCUT2D eigenvalue weighted by Gasteiger charge is 2.58. The molecule has 2 nitrogen and oxygen atoms in total. The van der Waals surface area contributed by atoms with Crippen LogP contribution in [0, 0.1) is 0 Å². The normalized spacial score (nSPS) is 12.3. The number of carbonyl (C=O) groups is 1. The summed E-state index contributed by atoms with van der Waals surface area (Å²) >= 11 is 0. The van der Waals surface area contributed by atoms with Gasteiger partial charge in [-0.1, -0.05) is 30.8 Å².